The Kier molecular flexibility index (Phi) is 2.19. The average Bonchev–Trinajstić information content (AvgIpc) is 2.84. The maximum Gasteiger partial charge on any atom is 0.124 e. The van der Waals surface area contributed by atoms with Crippen molar-refractivity contribution in [1.29, 1.82) is 0 Å². The summed E-state index contributed by atoms with van der Waals surface area (Å²) in [7, 11) is 0. The standard InChI is InChI=1S/C12H9ClFN3/c1-6-4-10(17-16-6)12-11(13)8-5-7(14)2-3-9(8)15-12/h2-5,15H,1H3,(H,16,17). The van der Waals surface area contributed by atoms with Crippen LogP contribution in [0.1, 0.15) is 5.69 Å². The second kappa shape index (κ2) is 3.60. The molecule has 3 rings (SSSR count). The summed E-state index contributed by atoms with van der Waals surface area (Å²) in [4.78, 5) is 3.14. The van der Waals surface area contributed by atoms with Gasteiger partial charge < -0.3 is 4.98 Å². The SMILES string of the molecule is Cc1cc(-c2[nH]c3ccc(F)cc3c2Cl)n[nH]1. The number of hydrogen-bond donors (Lipinski definition) is 2. The highest BCUT2D eigenvalue weighted by Crippen LogP contribution is 2.33. The predicted octanol–water partition coefficient (Wildman–Crippen LogP) is 3.66. The van der Waals surface area contributed by atoms with Crippen molar-refractivity contribution in [3.8, 4) is 11.4 Å². The van der Waals surface area contributed by atoms with Crippen molar-refractivity contribution in [3.05, 3.63) is 40.8 Å². The molecule has 3 aromatic rings. The van der Waals surface area contributed by atoms with Crippen LogP contribution in [-0.2, 0) is 0 Å². The van der Waals surface area contributed by atoms with Crippen LogP contribution in [0.15, 0.2) is 24.3 Å². The molecule has 0 saturated heterocycles. The predicted molar refractivity (Wildman–Crippen MR) is 65.6 cm³/mol. The molecule has 2 N–H and O–H groups in total. The third-order valence-electron chi connectivity index (χ3n) is 2.66. The van der Waals surface area contributed by atoms with E-state index >= 15 is 0 Å². The van der Waals surface area contributed by atoms with Gasteiger partial charge in [-0.3, -0.25) is 5.10 Å². The van der Waals surface area contributed by atoms with Gasteiger partial charge in [0.1, 0.15) is 11.5 Å². The number of aromatic nitrogens is 3. The number of aryl methyl sites for hydroxylation is 1. The van der Waals surface area contributed by atoms with E-state index in [2.05, 4.69) is 15.2 Å². The van der Waals surface area contributed by atoms with Gasteiger partial charge in [-0.05, 0) is 31.2 Å². The Morgan fingerprint density at radius 2 is 2.12 bits per heavy atom. The summed E-state index contributed by atoms with van der Waals surface area (Å²) in [5, 5.41) is 8.14. The van der Waals surface area contributed by atoms with E-state index in [1.165, 1.54) is 12.1 Å². The molecule has 0 aliphatic carbocycles. The molecule has 0 spiro atoms. The molecule has 0 unspecified atom stereocenters. The molecule has 5 heteroatoms. The summed E-state index contributed by atoms with van der Waals surface area (Å²) >= 11 is 6.22. The summed E-state index contributed by atoms with van der Waals surface area (Å²) in [5.74, 6) is -0.303. The molecule has 17 heavy (non-hydrogen) atoms. The topological polar surface area (TPSA) is 44.5 Å². The van der Waals surface area contributed by atoms with Crippen LogP contribution in [0, 0.1) is 12.7 Å². The summed E-state index contributed by atoms with van der Waals surface area (Å²) in [5.41, 5.74) is 3.17. The lowest BCUT2D eigenvalue weighted by molar-refractivity contribution is 0.630. The second-order valence-electron chi connectivity index (χ2n) is 3.94. The number of rotatable bonds is 1. The van der Waals surface area contributed by atoms with Crippen LogP contribution in [0.5, 0.6) is 0 Å². The molecule has 0 amide bonds. The van der Waals surface area contributed by atoms with Crippen molar-refractivity contribution in [2.24, 2.45) is 0 Å². The molecule has 0 aliphatic rings. The highest BCUT2D eigenvalue weighted by Gasteiger charge is 2.13. The lowest BCUT2D eigenvalue weighted by atomic mass is 10.2. The molecule has 0 atom stereocenters. The summed E-state index contributed by atoms with van der Waals surface area (Å²) in [6, 6.07) is 6.36. The van der Waals surface area contributed by atoms with Crippen molar-refractivity contribution >= 4 is 22.5 Å². The average molecular weight is 250 g/mol. The van der Waals surface area contributed by atoms with Gasteiger partial charge in [0, 0.05) is 16.6 Å². The van der Waals surface area contributed by atoms with E-state index in [0.29, 0.717) is 16.1 Å². The van der Waals surface area contributed by atoms with E-state index in [0.717, 1.165) is 16.9 Å². The molecule has 86 valence electrons. The largest absolute Gasteiger partial charge is 0.352 e. The fraction of sp³-hybridized carbons (Fsp3) is 0.0833. The minimum atomic E-state index is -0.303. The number of benzene rings is 1. The van der Waals surface area contributed by atoms with Gasteiger partial charge in [-0.15, -0.1) is 0 Å². The molecule has 0 fully saturated rings. The fourth-order valence-corrected chi connectivity index (χ4v) is 2.15. The highest BCUT2D eigenvalue weighted by molar-refractivity contribution is 6.38. The monoisotopic (exact) mass is 249 g/mol. The molecule has 0 aliphatic heterocycles. The zero-order valence-electron chi connectivity index (χ0n) is 9.01. The van der Waals surface area contributed by atoms with E-state index in [1.807, 2.05) is 13.0 Å². The van der Waals surface area contributed by atoms with Crippen molar-refractivity contribution < 1.29 is 4.39 Å². The van der Waals surface area contributed by atoms with Crippen molar-refractivity contribution in [2.75, 3.05) is 0 Å². The third-order valence-corrected chi connectivity index (χ3v) is 3.05. The van der Waals surface area contributed by atoms with Crippen molar-refractivity contribution in [2.45, 2.75) is 6.92 Å². The van der Waals surface area contributed by atoms with E-state index in [-0.39, 0.29) is 5.82 Å². The number of fused-ring (bicyclic) bond motifs is 1. The van der Waals surface area contributed by atoms with Crippen molar-refractivity contribution in [1.82, 2.24) is 15.2 Å². The lowest BCUT2D eigenvalue weighted by Crippen LogP contribution is -1.77. The van der Waals surface area contributed by atoms with Crippen LogP contribution in [0.2, 0.25) is 5.02 Å². The van der Waals surface area contributed by atoms with Crippen LogP contribution in [0.4, 0.5) is 4.39 Å². The number of aromatic amines is 2. The van der Waals surface area contributed by atoms with Crippen LogP contribution in [0.3, 0.4) is 0 Å². The van der Waals surface area contributed by atoms with Gasteiger partial charge in [-0.25, -0.2) is 4.39 Å². The minimum Gasteiger partial charge on any atom is -0.352 e. The lowest BCUT2D eigenvalue weighted by Gasteiger charge is -1.91. The zero-order chi connectivity index (χ0) is 12.0. The van der Waals surface area contributed by atoms with Gasteiger partial charge in [0.2, 0.25) is 0 Å². The Balaban J connectivity index is 2.27. The number of nitrogens with zero attached hydrogens (tertiary/aromatic N) is 1. The first-order valence-electron chi connectivity index (χ1n) is 5.14. The zero-order valence-corrected chi connectivity index (χ0v) is 9.77. The number of nitrogens with one attached hydrogen (secondary N) is 2. The van der Waals surface area contributed by atoms with Gasteiger partial charge in [0.05, 0.1) is 10.7 Å². The second-order valence-corrected chi connectivity index (χ2v) is 4.32. The smallest absolute Gasteiger partial charge is 0.124 e. The van der Waals surface area contributed by atoms with E-state index in [1.54, 1.807) is 6.07 Å². The van der Waals surface area contributed by atoms with Crippen LogP contribution in [0.25, 0.3) is 22.3 Å². The summed E-state index contributed by atoms with van der Waals surface area (Å²) in [6.45, 7) is 1.91. The molecule has 2 heterocycles. The van der Waals surface area contributed by atoms with Crippen LogP contribution >= 0.6 is 11.6 Å². The molecular formula is C12H9ClFN3. The molecule has 0 bridgehead atoms. The Hall–Kier alpha value is -1.81. The van der Waals surface area contributed by atoms with Gasteiger partial charge in [0.25, 0.3) is 0 Å². The molecule has 0 radical (unpaired) electrons. The Morgan fingerprint density at radius 1 is 1.29 bits per heavy atom. The molecule has 3 nitrogen and oxygen atoms in total. The van der Waals surface area contributed by atoms with Crippen molar-refractivity contribution in [3.63, 3.8) is 0 Å². The third kappa shape index (κ3) is 1.61. The van der Waals surface area contributed by atoms with Crippen LogP contribution < -0.4 is 0 Å². The number of H-pyrrole nitrogens is 2. The van der Waals surface area contributed by atoms with Gasteiger partial charge in [-0.2, -0.15) is 5.10 Å². The number of hydrogen-bond acceptors (Lipinski definition) is 1. The quantitative estimate of drug-likeness (QED) is 0.679. The maximum absolute atomic E-state index is 13.1. The number of halogens is 2. The maximum atomic E-state index is 13.1. The van der Waals surface area contributed by atoms with Gasteiger partial charge >= 0.3 is 0 Å². The first-order valence-corrected chi connectivity index (χ1v) is 5.52. The summed E-state index contributed by atoms with van der Waals surface area (Å²) < 4.78 is 13.1. The Bertz CT molecular complexity index is 699. The minimum absolute atomic E-state index is 0.303. The Morgan fingerprint density at radius 3 is 2.82 bits per heavy atom. The first-order chi connectivity index (χ1) is 8.15. The van der Waals surface area contributed by atoms with E-state index in [9.17, 15) is 4.39 Å². The molecule has 1 aromatic carbocycles. The van der Waals surface area contributed by atoms with E-state index < -0.39 is 0 Å². The van der Waals surface area contributed by atoms with E-state index in [4.69, 9.17) is 11.6 Å². The summed E-state index contributed by atoms with van der Waals surface area (Å²) in [6.07, 6.45) is 0. The van der Waals surface area contributed by atoms with Gasteiger partial charge in [-0.1, -0.05) is 11.6 Å². The normalized spacial score (nSPS) is 11.2. The highest BCUT2D eigenvalue weighted by atomic mass is 35.5. The Labute approximate surface area is 102 Å². The molecular weight excluding hydrogens is 241 g/mol. The molecule has 0 saturated carbocycles. The van der Waals surface area contributed by atoms with Gasteiger partial charge in [0.15, 0.2) is 0 Å². The fourth-order valence-electron chi connectivity index (χ4n) is 1.85. The molecule has 2 aromatic heterocycles. The first kappa shape index (κ1) is 10.4. The van der Waals surface area contributed by atoms with Crippen LogP contribution in [-0.4, -0.2) is 15.2 Å².